The Hall–Kier alpha value is -2.92. The molecule has 0 radical (unpaired) electrons. The van der Waals surface area contributed by atoms with Crippen LogP contribution >= 0.6 is 11.6 Å². The highest BCUT2D eigenvalue weighted by Gasteiger charge is 2.27. The largest absolute Gasteiger partial charge is 0.296 e. The van der Waals surface area contributed by atoms with Crippen molar-refractivity contribution in [2.75, 3.05) is 0 Å². The first kappa shape index (κ1) is 15.9. The Morgan fingerprint density at radius 1 is 0.552 bits per heavy atom. The van der Waals surface area contributed by atoms with Gasteiger partial charge in [0.2, 0.25) is 0 Å². The average molecular weight is 415 g/mol. The van der Waals surface area contributed by atoms with E-state index in [-0.39, 0.29) is 9.92 Å². The SMILES string of the molecule is O=S(=O)(O)c1c(Cl)c2ccc3ccc4ccc5ccc6ccc1c1c6c5c4c3c21. The standard InChI is InChI=1S/C24H11ClO3S/c25-23-15-9-7-13-5-3-11-1-2-12-4-6-14-8-10-16(24(23)29(26,27)28)22-20(14)18(12)17(11)19(13)21(15)22/h1-10H,(H,26,27,28). The Bertz CT molecular complexity index is 1880. The van der Waals surface area contributed by atoms with Crippen molar-refractivity contribution in [3.8, 4) is 0 Å². The van der Waals surface area contributed by atoms with Gasteiger partial charge in [0.1, 0.15) is 4.90 Å². The van der Waals surface area contributed by atoms with E-state index in [1.807, 2.05) is 18.2 Å². The van der Waals surface area contributed by atoms with Crippen molar-refractivity contribution in [1.82, 2.24) is 0 Å². The molecule has 5 heteroatoms. The highest BCUT2D eigenvalue weighted by Crippen LogP contribution is 2.51. The third-order valence-electron chi connectivity index (χ3n) is 6.32. The summed E-state index contributed by atoms with van der Waals surface area (Å²) in [6, 6.07) is 20.1. The smallest absolute Gasteiger partial charge is 0.282 e. The first-order valence-electron chi connectivity index (χ1n) is 9.21. The van der Waals surface area contributed by atoms with Crippen LogP contribution in [0.15, 0.2) is 65.6 Å². The molecule has 0 atom stereocenters. The van der Waals surface area contributed by atoms with Gasteiger partial charge in [-0.3, -0.25) is 4.55 Å². The van der Waals surface area contributed by atoms with Gasteiger partial charge in [-0.2, -0.15) is 8.42 Å². The number of rotatable bonds is 1. The fourth-order valence-electron chi connectivity index (χ4n) is 5.25. The van der Waals surface area contributed by atoms with Crippen LogP contribution in [0.2, 0.25) is 5.02 Å². The van der Waals surface area contributed by atoms with Gasteiger partial charge in [-0.05, 0) is 43.1 Å². The topological polar surface area (TPSA) is 54.4 Å². The Labute approximate surface area is 169 Å². The van der Waals surface area contributed by atoms with Crippen LogP contribution < -0.4 is 0 Å². The second kappa shape index (κ2) is 4.79. The fourth-order valence-corrected chi connectivity index (χ4v) is 6.58. The normalized spacial score (nSPS) is 13.4. The lowest BCUT2D eigenvalue weighted by molar-refractivity contribution is 0.484. The Morgan fingerprint density at radius 2 is 0.897 bits per heavy atom. The number of hydrogen-bond acceptors (Lipinski definition) is 2. The molecule has 0 saturated carbocycles. The first-order chi connectivity index (χ1) is 13.9. The summed E-state index contributed by atoms with van der Waals surface area (Å²) in [7, 11) is -4.51. The van der Waals surface area contributed by atoms with Crippen LogP contribution in [-0.2, 0) is 10.1 Å². The monoisotopic (exact) mass is 414 g/mol. The quantitative estimate of drug-likeness (QED) is 0.182. The first-order valence-corrected chi connectivity index (χ1v) is 11.0. The van der Waals surface area contributed by atoms with E-state index in [1.165, 1.54) is 5.39 Å². The Kier molecular flexibility index (Phi) is 2.63. The van der Waals surface area contributed by atoms with Crippen molar-refractivity contribution in [3.63, 3.8) is 0 Å². The predicted molar refractivity (Wildman–Crippen MR) is 120 cm³/mol. The lowest BCUT2D eigenvalue weighted by Crippen LogP contribution is -2.03. The van der Waals surface area contributed by atoms with Crippen molar-refractivity contribution in [1.29, 1.82) is 0 Å². The maximum Gasteiger partial charge on any atom is 0.296 e. The minimum absolute atomic E-state index is 0.0693. The van der Waals surface area contributed by atoms with Crippen molar-refractivity contribution in [2.45, 2.75) is 4.90 Å². The molecule has 0 unspecified atom stereocenters. The van der Waals surface area contributed by atoms with Gasteiger partial charge in [-0.15, -0.1) is 0 Å². The molecule has 7 rings (SSSR count). The third kappa shape index (κ3) is 1.72. The summed E-state index contributed by atoms with van der Waals surface area (Å²) in [6.45, 7) is 0. The summed E-state index contributed by atoms with van der Waals surface area (Å²) in [4.78, 5) is -0.216. The summed E-state index contributed by atoms with van der Waals surface area (Å²) < 4.78 is 34.6. The molecule has 0 aromatic heterocycles. The molecule has 0 amide bonds. The molecule has 29 heavy (non-hydrogen) atoms. The lowest BCUT2D eigenvalue weighted by Gasteiger charge is -2.22. The van der Waals surface area contributed by atoms with E-state index in [4.69, 9.17) is 11.6 Å². The van der Waals surface area contributed by atoms with Crippen molar-refractivity contribution in [3.05, 3.63) is 65.7 Å². The zero-order chi connectivity index (χ0) is 19.7. The van der Waals surface area contributed by atoms with Gasteiger partial charge in [-0.25, -0.2) is 0 Å². The van der Waals surface area contributed by atoms with Crippen LogP contribution in [0.5, 0.6) is 0 Å². The second-order valence-corrected chi connectivity index (χ2v) is 9.42. The Balaban J connectivity index is 2.04. The van der Waals surface area contributed by atoms with Gasteiger partial charge in [0.15, 0.2) is 0 Å². The molecular weight excluding hydrogens is 404 g/mol. The predicted octanol–water partition coefficient (Wildman–Crippen LogP) is 6.82. The summed E-state index contributed by atoms with van der Waals surface area (Å²) in [5.74, 6) is 0. The van der Waals surface area contributed by atoms with Crippen LogP contribution in [0, 0.1) is 0 Å². The summed E-state index contributed by atoms with van der Waals surface area (Å²) in [6.07, 6.45) is 0. The molecule has 0 aliphatic rings. The summed E-state index contributed by atoms with van der Waals surface area (Å²) >= 11 is 6.60. The number of halogens is 1. The fraction of sp³-hybridized carbons (Fsp3) is 0. The second-order valence-electron chi connectivity index (χ2n) is 7.68. The van der Waals surface area contributed by atoms with Gasteiger partial charge in [-0.1, -0.05) is 72.3 Å². The van der Waals surface area contributed by atoms with E-state index in [2.05, 4.69) is 36.4 Å². The minimum Gasteiger partial charge on any atom is -0.282 e. The maximum absolute atomic E-state index is 12.3. The van der Waals surface area contributed by atoms with Crippen LogP contribution in [0.1, 0.15) is 0 Å². The zero-order valence-electron chi connectivity index (χ0n) is 14.8. The number of benzene rings is 7. The molecule has 0 aliphatic carbocycles. The summed E-state index contributed by atoms with van der Waals surface area (Å²) in [5.41, 5.74) is 0. The molecular formula is C24H11ClO3S. The van der Waals surface area contributed by atoms with E-state index in [0.717, 1.165) is 48.5 Å². The maximum atomic E-state index is 12.3. The van der Waals surface area contributed by atoms with E-state index >= 15 is 0 Å². The van der Waals surface area contributed by atoms with E-state index in [0.29, 0.717) is 10.8 Å². The van der Waals surface area contributed by atoms with Crippen LogP contribution in [0.25, 0.3) is 64.6 Å². The van der Waals surface area contributed by atoms with Crippen LogP contribution in [0.4, 0.5) is 0 Å². The molecule has 0 bridgehead atoms. The van der Waals surface area contributed by atoms with Crippen LogP contribution in [-0.4, -0.2) is 13.0 Å². The van der Waals surface area contributed by atoms with E-state index < -0.39 is 10.1 Å². The molecule has 0 saturated heterocycles. The molecule has 0 fully saturated rings. The molecule has 0 heterocycles. The van der Waals surface area contributed by atoms with Gasteiger partial charge in [0, 0.05) is 21.5 Å². The van der Waals surface area contributed by atoms with Gasteiger partial charge >= 0.3 is 0 Å². The van der Waals surface area contributed by atoms with Crippen molar-refractivity contribution >= 4 is 86.4 Å². The minimum atomic E-state index is -4.51. The lowest BCUT2D eigenvalue weighted by atomic mass is 9.83. The van der Waals surface area contributed by atoms with Gasteiger partial charge < -0.3 is 0 Å². The third-order valence-corrected chi connectivity index (χ3v) is 7.76. The van der Waals surface area contributed by atoms with Crippen LogP contribution in [0.3, 0.4) is 0 Å². The average Bonchev–Trinajstić information content (AvgIpc) is 2.71. The number of hydrogen-bond donors (Lipinski definition) is 1. The highest BCUT2D eigenvalue weighted by molar-refractivity contribution is 7.86. The molecule has 0 spiro atoms. The zero-order valence-corrected chi connectivity index (χ0v) is 16.4. The van der Waals surface area contributed by atoms with Crippen molar-refractivity contribution in [2.24, 2.45) is 0 Å². The molecule has 7 aromatic carbocycles. The van der Waals surface area contributed by atoms with Gasteiger partial charge in [0.05, 0.1) is 5.02 Å². The van der Waals surface area contributed by atoms with Crippen molar-refractivity contribution < 1.29 is 13.0 Å². The summed E-state index contributed by atoms with van der Waals surface area (Å²) in [5, 5.41) is 11.7. The molecule has 1 N–H and O–H groups in total. The molecule has 3 nitrogen and oxygen atoms in total. The Morgan fingerprint density at radius 3 is 1.34 bits per heavy atom. The molecule has 7 aromatic rings. The molecule has 138 valence electrons. The molecule has 0 aliphatic heterocycles. The van der Waals surface area contributed by atoms with E-state index in [9.17, 15) is 13.0 Å². The van der Waals surface area contributed by atoms with Gasteiger partial charge in [0.25, 0.3) is 10.1 Å². The van der Waals surface area contributed by atoms with E-state index in [1.54, 1.807) is 6.07 Å². The highest BCUT2D eigenvalue weighted by atomic mass is 35.5.